The molecule has 2 aromatic heterocycles. The SMILES string of the molecule is COc1cc(C(O)C(=O)Nc2nnc(CCCCc3nnc(NC(=O)C(O)c4ccc(O)c(OC)c4)s3)s2)ccc1O. The Hall–Kier alpha value is -4.38. The Morgan fingerprint density at radius 3 is 1.52 bits per heavy atom. The average Bonchev–Trinajstić information content (AvgIpc) is 3.64. The summed E-state index contributed by atoms with van der Waals surface area (Å²) in [5.74, 6) is -1.33. The molecule has 0 bridgehead atoms. The van der Waals surface area contributed by atoms with Gasteiger partial charge in [-0.3, -0.25) is 20.2 Å². The number of methoxy groups -OCH3 is 2. The number of carbonyl (C=O) groups is 2. The van der Waals surface area contributed by atoms with E-state index < -0.39 is 24.0 Å². The molecule has 2 heterocycles. The maximum atomic E-state index is 12.4. The van der Waals surface area contributed by atoms with E-state index in [0.29, 0.717) is 22.9 Å². The third-order valence-electron chi connectivity index (χ3n) is 5.96. The molecule has 42 heavy (non-hydrogen) atoms. The normalized spacial score (nSPS) is 12.4. The zero-order chi connectivity index (χ0) is 30.2. The fourth-order valence-electron chi connectivity index (χ4n) is 3.74. The average molecular weight is 617 g/mol. The van der Waals surface area contributed by atoms with Gasteiger partial charge in [0.25, 0.3) is 11.8 Å². The summed E-state index contributed by atoms with van der Waals surface area (Å²) in [4.78, 5) is 24.9. The molecule has 222 valence electrons. The minimum atomic E-state index is -1.49. The summed E-state index contributed by atoms with van der Waals surface area (Å²) in [5, 5.41) is 63.2. The number of benzene rings is 2. The quantitative estimate of drug-likeness (QED) is 0.120. The molecule has 0 saturated heterocycles. The fourth-order valence-corrected chi connectivity index (χ4v) is 5.31. The summed E-state index contributed by atoms with van der Waals surface area (Å²) in [6.07, 6.45) is -0.269. The lowest BCUT2D eigenvalue weighted by Gasteiger charge is -2.12. The van der Waals surface area contributed by atoms with Crippen molar-refractivity contribution in [2.24, 2.45) is 0 Å². The van der Waals surface area contributed by atoms with Crippen LogP contribution in [0.25, 0.3) is 0 Å². The van der Waals surface area contributed by atoms with Crippen LogP contribution in [0.15, 0.2) is 36.4 Å². The molecule has 0 aliphatic carbocycles. The maximum absolute atomic E-state index is 12.4. The number of rotatable bonds is 13. The van der Waals surface area contributed by atoms with Crippen molar-refractivity contribution in [3.63, 3.8) is 0 Å². The molecule has 2 aromatic carbocycles. The Balaban J connectivity index is 1.21. The van der Waals surface area contributed by atoms with E-state index in [1.807, 2.05) is 0 Å². The van der Waals surface area contributed by atoms with Crippen LogP contribution in [-0.2, 0) is 22.4 Å². The highest BCUT2D eigenvalue weighted by Gasteiger charge is 2.22. The molecular formula is C26H28N6O8S2. The van der Waals surface area contributed by atoms with Gasteiger partial charge in [0.2, 0.25) is 10.3 Å². The molecule has 16 heteroatoms. The standard InChI is InChI=1S/C26H28N6O8S2/c1-39-17-11-13(7-9-15(17)33)21(35)23(37)27-25-31-29-19(41-25)5-3-4-6-20-30-32-26(42-20)28-24(38)22(36)14-8-10-16(34)18(12-14)40-2/h7-12,21-22,33-36H,3-6H2,1-2H3,(H,27,31,37)(H,28,32,38). The smallest absolute Gasteiger partial charge is 0.259 e. The van der Waals surface area contributed by atoms with Crippen molar-refractivity contribution < 1.29 is 39.5 Å². The van der Waals surface area contributed by atoms with Crippen molar-refractivity contribution in [3.8, 4) is 23.0 Å². The van der Waals surface area contributed by atoms with E-state index in [-0.39, 0.29) is 44.4 Å². The zero-order valence-corrected chi connectivity index (χ0v) is 24.1. The molecule has 6 N–H and O–H groups in total. The molecule has 2 atom stereocenters. The Bertz CT molecular complexity index is 1430. The number of aliphatic hydroxyl groups excluding tert-OH is 2. The fraction of sp³-hybridized carbons (Fsp3) is 0.308. The summed E-state index contributed by atoms with van der Waals surface area (Å²) in [6.45, 7) is 0. The van der Waals surface area contributed by atoms with E-state index in [9.17, 15) is 30.0 Å². The largest absolute Gasteiger partial charge is 0.504 e. The number of amides is 2. The number of ether oxygens (including phenoxy) is 2. The minimum absolute atomic E-state index is 0.107. The van der Waals surface area contributed by atoms with Gasteiger partial charge in [0.05, 0.1) is 14.2 Å². The first-order valence-corrected chi connectivity index (χ1v) is 14.2. The first kappa shape index (κ1) is 30.6. The van der Waals surface area contributed by atoms with Gasteiger partial charge in [-0.05, 0) is 48.2 Å². The van der Waals surface area contributed by atoms with Gasteiger partial charge in [0.15, 0.2) is 35.2 Å². The minimum Gasteiger partial charge on any atom is -0.504 e. The van der Waals surface area contributed by atoms with Crippen LogP contribution in [-0.4, -0.2) is 66.9 Å². The van der Waals surface area contributed by atoms with Gasteiger partial charge in [-0.1, -0.05) is 34.8 Å². The highest BCUT2D eigenvalue weighted by molar-refractivity contribution is 7.15. The second-order valence-electron chi connectivity index (χ2n) is 8.86. The van der Waals surface area contributed by atoms with Crippen LogP contribution in [0.3, 0.4) is 0 Å². The van der Waals surface area contributed by atoms with Crippen LogP contribution >= 0.6 is 22.7 Å². The second kappa shape index (κ2) is 14.0. The van der Waals surface area contributed by atoms with E-state index in [4.69, 9.17) is 9.47 Å². The number of aryl methyl sites for hydroxylation is 2. The van der Waals surface area contributed by atoms with E-state index in [2.05, 4.69) is 31.0 Å². The number of carbonyl (C=O) groups excluding carboxylic acids is 2. The van der Waals surface area contributed by atoms with Crippen LogP contribution in [0, 0.1) is 0 Å². The molecule has 0 radical (unpaired) electrons. The Labute approximate surface area is 247 Å². The molecule has 4 aromatic rings. The summed E-state index contributed by atoms with van der Waals surface area (Å²) in [7, 11) is 2.73. The van der Waals surface area contributed by atoms with Crippen LogP contribution in [0.2, 0.25) is 0 Å². The van der Waals surface area contributed by atoms with E-state index in [1.54, 1.807) is 0 Å². The van der Waals surface area contributed by atoms with E-state index in [1.165, 1.54) is 73.3 Å². The van der Waals surface area contributed by atoms with Gasteiger partial charge in [-0.25, -0.2) is 0 Å². The van der Waals surface area contributed by atoms with Crippen molar-refractivity contribution in [2.75, 3.05) is 24.9 Å². The van der Waals surface area contributed by atoms with Gasteiger partial charge < -0.3 is 29.9 Å². The molecule has 2 amide bonds. The van der Waals surface area contributed by atoms with Gasteiger partial charge in [0.1, 0.15) is 10.0 Å². The number of anilines is 2. The Kier molecular flexibility index (Phi) is 10.2. The molecule has 0 saturated carbocycles. The number of phenols is 2. The van der Waals surface area contributed by atoms with Crippen LogP contribution in [0.1, 0.15) is 46.2 Å². The number of aromatic hydroxyl groups is 2. The monoisotopic (exact) mass is 616 g/mol. The summed E-state index contributed by atoms with van der Waals surface area (Å²) in [5.41, 5.74) is 0.501. The topological polar surface area (TPSA) is 209 Å². The first-order valence-electron chi connectivity index (χ1n) is 12.5. The van der Waals surface area contributed by atoms with Crippen LogP contribution < -0.4 is 20.1 Å². The number of hydrogen-bond acceptors (Lipinski definition) is 14. The van der Waals surface area contributed by atoms with Crippen LogP contribution in [0.5, 0.6) is 23.0 Å². The summed E-state index contributed by atoms with van der Waals surface area (Å²) >= 11 is 2.39. The van der Waals surface area contributed by atoms with E-state index in [0.717, 1.165) is 12.8 Å². The van der Waals surface area contributed by atoms with Gasteiger partial charge >= 0.3 is 0 Å². The van der Waals surface area contributed by atoms with Crippen molar-refractivity contribution >= 4 is 44.8 Å². The lowest BCUT2D eigenvalue weighted by Crippen LogP contribution is -2.20. The van der Waals surface area contributed by atoms with E-state index >= 15 is 0 Å². The van der Waals surface area contributed by atoms with Gasteiger partial charge in [-0.2, -0.15) is 0 Å². The third kappa shape index (κ3) is 7.67. The molecule has 4 rings (SSSR count). The number of aliphatic hydroxyl groups is 2. The van der Waals surface area contributed by atoms with Gasteiger partial charge in [0, 0.05) is 12.8 Å². The molecule has 2 unspecified atom stereocenters. The number of unbranched alkanes of at least 4 members (excludes halogenated alkanes) is 1. The molecule has 0 spiro atoms. The summed E-state index contributed by atoms with van der Waals surface area (Å²) < 4.78 is 10.0. The molecule has 14 nitrogen and oxygen atoms in total. The molecule has 0 aliphatic heterocycles. The highest BCUT2D eigenvalue weighted by atomic mass is 32.1. The second-order valence-corrected chi connectivity index (χ2v) is 11.0. The maximum Gasteiger partial charge on any atom is 0.259 e. The number of phenolic OH excluding ortho intramolecular Hbond substituents is 2. The predicted molar refractivity (Wildman–Crippen MR) is 153 cm³/mol. The lowest BCUT2D eigenvalue weighted by atomic mass is 10.1. The van der Waals surface area contributed by atoms with Crippen molar-refractivity contribution in [1.82, 2.24) is 20.4 Å². The summed E-state index contributed by atoms with van der Waals surface area (Å²) in [6, 6.07) is 8.24. The zero-order valence-electron chi connectivity index (χ0n) is 22.5. The third-order valence-corrected chi connectivity index (χ3v) is 7.76. The number of hydrogen-bond donors (Lipinski definition) is 6. The number of nitrogens with zero attached hydrogens (tertiary/aromatic N) is 4. The van der Waals surface area contributed by atoms with Crippen molar-refractivity contribution in [2.45, 2.75) is 37.9 Å². The van der Waals surface area contributed by atoms with Crippen molar-refractivity contribution in [3.05, 3.63) is 57.5 Å². The van der Waals surface area contributed by atoms with Gasteiger partial charge in [-0.15, -0.1) is 20.4 Å². The van der Waals surface area contributed by atoms with Crippen LogP contribution in [0.4, 0.5) is 10.3 Å². The molecule has 0 fully saturated rings. The molecular weight excluding hydrogens is 588 g/mol. The lowest BCUT2D eigenvalue weighted by molar-refractivity contribution is -0.124. The molecule has 0 aliphatic rings. The Morgan fingerprint density at radius 1 is 0.738 bits per heavy atom. The number of nitrogens with one attached hydrogen (secondary N) is 2. The van der Waals surface area contributed by atoms with Crippen molar-refractivity contribution in [1.29, 1.82) is 0 Å². The Morgan fingerprint density at radius 2 is 1.14 bits per heavy atom. The number of aromatic nitrogens is 4. The first-order chi connectivity index (χ1) is 20.2. The predicted octanol–water partition coefficient (Wildman–Crippen LogP) is 2.73. The highest BCUT2D eigenvalue weighted by Crippen LogP contribution is 2.31.